The third kappa shape index (κ3) is 8.75. The fourth-order valence-electron chi connectivity index (χ4n) is 14.5. The van der Waals surface area contributed by atoms with Crippen LogP contribution in [0.5, 0.6) is 0 Å². The first-order valence-corrected chi connectivity index (χ1v) is 24.2. The molecule has 2 saturated heterocycles. The van der Waals surface area contributed by atoms with Gasteiger partial charge in [0.25, 0.3) is 0 Å². The van der Waals surface area contributed by atoms with Crippen molar-refractivity contribution in [2.24, 2.45) is 50.2 Å². The van der Waals surface area contributed by atoms with E-state index in [0.29, 0.717) is 44.9 Å². The zero-order valence-corrected chi connectivity index (χ0v) is 40.4. The average Bonchev–Trinajstić information content (AvgIpc) is 3.27. The zero-order chi connectivity index (χ0) is 51.2. The number of rotatable bonds is 14. The van der Waals surface area contributed by atoms with Gasteiger partial charge >= 0.3 is 23.9 Å². The van der Waals surface area contributed by atoms with Crippen molar-refractivity contribution in [1.82, 2.24) is 0 Å². The van der Waals surface area contributed by atoms with Crippen molar-refractivity contribution >= 4 is 23.9 Å². The van der Waals surface area contributed by atoms with Crippen molar-refractivity contribution in [3.05, 3.63) is 11.6 Å². The summed E-state index contributed by atoms with van der Waals surface area (Å²) in [5, 5.41) is 114. The molecule has 0 radical (unpaired) electrons. The first-order valence-electron chi connectivity index (χ1n) is 24.2. The summed E-state index contributed by atoms with van der Waals surface area (Å²) in [7, 11) is 0. The third-order valence-corrected chi connectivity index (χ3v) is 18.8. The summed E-state index contributed by atoms with van der Waals surface area (Å²) in [5.74, 6) is -5.98. The van der Waals surface area contributed by atoms with Gasteiger partial charge in [0.2, 0.25) is 18.2 Å². The van der Waals surface area contributed by atoms with Gasteiger partial charge in [0.15, 0.2) is 12.4 Å². The van der Waals surface area contributed by atoms with Gasteiger partial charge in [-0.25, -0.2) is 14.4 Å². The van der Waals surface area contributed by atoms with Crippen LogP contribution in [0.4, 0.5) is 0 Å². The summed E-state index contributed by atoms with van der Waals surface area (Å²) in [5.41, 5.74) is -4.66. The van der Waals surface area contributed by atoms with Gasteiger partial charge in [0.1, 0.15) is 49.3 Å². The predicted octanol–water partition coefficient (Wildman–Crippen LogP) is 0.668. The Hall–Kier alpha value is -2.90. The summed E-state index contributed by atoms with van der Waals surface area (Å²) >= 11 is 0. The van der Waals surface area contributed by atoms with E-state index in [2.05, 4.69) is 40.7 Å². The first-order chi connectivity index (χ1) is 32.0. The Bertz CT molecular complexity index is 1990. The molecule has 21 heteroatoms. The quantitative estimate of drug-likeness (QED) is 0.0493. The Morgan fingerprint density at radius 1 is 0.783 bits per heavy atom. The van der Waals surface area contributed by atoms with Gasteiger partial charge in [0, 0.05) is 0 Å². The number of aliphatic hydroxyl groups excluding tert-OH is 7. The Balaban J connectivity index is 1.14. The van der Waals surface area contributed by atoms with Crippen LogP contribution in [-0.2, 0) is 47.6 Å². The van der Waals surface area contributed by atoms with Crippen LogP contribution in [0.2, 0.25) is 0 Å². The molecule has 0 bridgehead atoms. The smallest absolute Gasteiger partial charge is 0.343 e. The molecule has 0 aromatic heterocycles. The lowest BCUT2D eigenvalue weighted by molar-refractivity contribution is -0.352. The number of carboxylic acids is 3. The molecule has 7 aliphatic rings. The summed E-state index contributed by atoms with van der Waals surface area (Å²) in [6.45, 7) is 12.0. The maximum Gasteiger partial charge on any atom is 0.343 e. The lowest BCUT2D eigenvalue weighted by Crippen LogP contribution is -2.67. The SMILES string of the molecule is CC1(C)CC[C@]2(C(=O)O[C@@H]3O[C@H](CO)[C@@H](O)[C@H](O)[C@H]3O)CC[C@]3(C)C(=CCC4[C@@]5(C)CC[C@H](O[C@@H]6O[C@H](C(=O)O)[C@@H](O)[C@H](OC(OCC(=O)O)C(O)(CO)C(=O)O)[C@H]6O)C(C)(C)C5CC[C@]43C)[C@@H]2C1. The van der Waals surface area contributed by atoms with Crippen molar-refractivity contribution in [3.8, 4) is 0 Å². The number of carboxylic acid groups (broad SMARTS) is 3. The molecule has 6 fully saturated rings. The number of hydrogen-bond donors (Lipinski definition) is 11. The maximum atomic E-state index is 14.7. The molecule has 4 unspecified atom stereocenters. The van der Waals surface area contributed by atoms with Gasteiger partial charge in [-0.3, -0.25) is 4.79 Å². The second kappa shape index (κ2) is 18.9. The standard InChI is InChI=1S/C48H74O21/c1-42(2)14-16-47(40(62)69-37-31(55)30(54)29(53)24(19-49)65-37)17-15-45(6)22(23(47)18-42)8-9-26-44(5)12-11-27(43(3,4)25(44)10-13-46(26,45)7)66-38-33(57)34(32(56)35(67-38)36(58)59)68-41(64-20-28(51)52)48(63,21-50)39(60)61/h8,23-27,29-35,37-38,41,49-50,53-57,63H,9-21H2,1-7H3,(H,51,52)(H,58,59)(H,60,61)/t23-,24+,25?,26?,27-,29+,30-,31+,32-,33+,34-,35-,37-,38+,41?,44-,45+,46+,47-,48?/m0/s1. The number of hydrogen-bond acceptors (Lipinski definition) is 18. The van der Waals surface area contributed by atoms with Crippen molar-refractivity contribution in [3.63, 3.8) is 0 Å². The van der Waals surface area contributed by atoms with E-state index in [1.165, 1.54) is 5.57 Å². The number of fused-ring (bicyclic) bond motifs is 7. The van der Waals surface area contributed by atoms with E-state index < -0.39 is 134 Å². The molecule has 392 valence electrons. The molecular formula is C48H74O21. The van der Waals surface area contributed by atoms with Crippen molar-refractivity contribution < 1.29 is 104 Å². The summed E-state index contributed by atoms with van der Waals surface area (Å²) in [4.78, 5) is 50.5. The summed E-state index contributed by atoms with van der Waals surface area (Å²) < 4.78 is 34.3. The zero-order valence-electron chi connectivity index (χ0n) is 40.4. The van der Waals surface area contributed by atoms with Gasteiger partial charge in [0.05, 0.1) is 24.7 Å². The van der Waals surface area contributed by atoms with E-state index in [1.54, 1.807) is 0 Å². The van der Waals surface area contributed by atoms with E-state index in [0.717, 1.165) is 19.3 Å². The molecule has 20 atom stereocenters. The Labute approximate surface area is 400 Å². The summed E-state index contributed by atoms with van der Waals surface area (Å²) in [6.07, 6.45) is -12.4. The molecule has 11 N–H and O–H groups in total. The van der Waals surface area contributed by atoms with Gasteiger partial charge in [-0.2, -0.15) is 0 Å². The molecule has 0 amide bonds. The van der Waals surface area contributed by atoms with E-state index in [4.69, 9.17) is 28.4 Å². The number of aliphatic carboxylic acids is 3. The minimum atomic E-state index is -3.31. The normalized spacial score (nSPS) is 46.0. The van der Waals surface area contributed by atoms with E-state index in [-0.39, 0.29) is 39.4 Å². The Kier molecular flexibility index (Phi) is 14.7. The number of esters is 1. The van der Waals surface area contributed by atoms with Crippen LogP contribution in [-0.4, -0.2) is 179 Å². The van der Waals surface area contributed by atoms with Gasteiger partial charge in [-0.15, -0.1) is 0 Å². The van der Waals surface area contributed by atoms with E-state index in [9.17, 15) is 75.3 Å². The van der Waals surface area contributed by atoms with Crippen LogP contribution in [0.3, 0.4) is 0 Å². The number of carbonyl (C=O) groups excluding carboxylic acids is 1. The largest absolute Gasteiger partial charge is 0.480 e. The topological polar surface area (TPSA) is 346 Å². The highest BCUT2D eigenvalue weighted by molar-refractivity contribution is 5.79. The second-order valence-corrected chi connectivity index (χ2v) is 23.2. The monoisotopic (exact) mass is 986 g/mol. The van der Waals surface area contributed by atoms with Crippen LogP contribution in [0.1, 0.15) is 113 Å². The second-order valence-electron chi connectivity index (χ2n) is 23.2. The Morgan fingerprint density at radius 3 is 2.06 bits per heavy atom. The molecular weight excluding hydrogens is 913 g/mol. The Morgan fingerprint density at radius 2 is 1.45 bits per heavy atom. The molecule has 21 nitrogen and oxygen atoms in total. The van der Waals surface area contributed by atoms with Crippen LogP contribution in [0.15, 0.2) is 11.6 Å². The first kappa shape index (κ1) is 53.9. The average molecular weight is 987 g/mol. The predicted molar refractivity (Wildman–Crippen MR) is 234 cm³/mol. The maximum absolute atomic E-state index is 14.7. The highest BCUT2D eigenvalue weighted by Gasteiger charge is 2.70. The van der Waals surface area contributed by atoms with Crippen molar-refractivity contribution in [2.75, 3.05) is 19.8 Å². The molecule has 0 aromatic rings. The third-order valence-electron chi connectivity index (χ3n) is 18.8. The number of allylic oxidation sites excluding steroid dienone is 2. The van der Waals surface area contributed by atoms with Gasteiger partial charge in [-0.1, -0.05) is 60.1 Å². The number of carbonyl (C=O) groups is 4. The van der Waals surface area contributed by atoms with Gasteiger partial charge < -0.3 is 84.6 Å². The lowest BCUT2D eigenvalue weighted by atomic mass is 9.33. The molecule has 2 heterocycles. The summed E-state index contributed by atoms with van der Waals surface area (Å²) in [6, 6.07) is 0. The van der Waals surface area contributed by atoms with E-state index >= 15 is 0 Å². The lowest BCUT2D eigenvalue weighted by Gasteiger charge is -2.71. The number of ether oxygens (including phenoxy) is 6. The molecule has 5 aliphatic carbocycles. The van der Waals surface area contributed by atoms with Gasteiger partial charge in [-0.05, 0) is 109 Å². The molecule has 0 spiro atoms. The fourth-order valence-corrected chi connectivity index (χ4v) is 14.5. The molecule has 69 heavy (non-hydrogen) atoms. The minimum Gasteiger partial charge on any atom is -0.480 e. The molecule has 0 aromatic carbocycles. The van der Waals surface area contributed by atoms with Crippen LogP contribution >= 0.6 is 0 Å². The van der Waals surface area contributed by atoms with Crippen LogP contribution < -0.4 is 0 Å². The minimum absolute atomic E-state index is 0.0164. The highest BCUT2D eigenvalue weighted by atomic mass is 16.7. The van der Waals surface area contributed by atoms with Crippen LogP contribution in [0.25, 0.3) is 0 Å². The van der Waals surface area contributed by atoms with Crippen molar-refractivity contribution in [2.45, 2.75) is 192 Å². The number of aliphatic hydroxyl groups is 8. The fraction of sp³-hybridized carbons (Fsp3) is 0.875. The molecule has 2 aliphatic heterocycles. The molecule has 7 rings (SSSR count). The highest BCUT2D eigenvalue weighted by Crippen LogP contribution is 2.76. The van der Waals surface area contributed by atoms with Crippen LogP contribution in [0, 0.1) is 50.2 Å². The van der Waals surface area contributed by atoms with E-state index in [1.807, 2.05) is 13.8 Å². The van der Waals surface area contributed by atoms with Crippen molar-refractivity contribution in [1.29, 1.82) is 0 Å². The molecule has 4 saturated carbocycles.